The van der Waals surface area contributed by atoms with Gasteiger partial charge in [0, 0.05) is 25.7 Å². The first-order valence-corrected chi connectivity index (χ1v) is 6.53. The Hall–Kier alpha value is -2.04. The van der Waals surface area contributed by atoms with Crippen LogP contribution in [0.2, 0.25) is 0 Å². The van der Waals surface area contributed by atoms with E-state index in [-0.39, 0.29) is 17.9 Å². The van der Waals surface area contributed by atoms with Gasteiger partial charge in [-0.1, -0.05) is 18.2 Å². The van der Waals surface area contributed by atoms with E-state index in [9.17, 15) is 9.59 Å². The minimum Gasteiger partial charge on any atom is -0.373 e. The van der Waals surface area contributed by atoms with Crippen molar-refractivity contribution in [3.63, 3.8) is 0 Å². The van der Waals surface area contributed by atoms with Crippen LogP contribution in [-0.2, 0) is 16.0 Å². The Labute approximate surface area is 112 Å². The maximum absolute atomic E-state index is 12.0. The van der Waals surface area contributed by atoms with E-state index in [1.165, 1.54) is 12.5 Å². The van der Waals surface area contributed by atoms with Gasteiger partial charge in [-0.3, -0.25) is 9.59 Å². The van der Waals surface area contributed by atoms with Gasteiger partial charge in [-0.25, -0.2) is 0 Å². The molecule has 5 nitrogen and oxygen atoms in total. The van der Waals surface area contributed by atoms with Gasteiger partial charge in [-0.2, -0.15) is 0 Å². The number of fused-ring (bicyclic) bond motifs is 1. The first-order valence-electron chi connectivity index (χ1n) is 6.53. The average Bonchev–Trinajstić information content (AvgIpc) is 2.42. The van der Waals surface area contributed by atoms with Crippen LogP contribution >= 0.6 is 0 Å². The van der Waals surface area contributed by atoms with E-state index >= 15 is 0 Å². The van der Waals surface area contributed by atoms with E-state index in [1.807, 2.05) is 18.2 Å². The second kappa shape index (κ2) is 6.22. The quantitative estimate of drug-likeness (QED) is 0.698. The molecule has 0 aromatic heterocycles. The van der Waals surface area contributed by atoms with Gasteiger partial charge in [0.25, 0.3) is 0 Å². The second-order valence-electron chi connectivity index (χ2n) is 4.67. The van der Waals surface area contributed by atoms with Crippen molar-refractivity contribution < 1.29 is 9.59 Å². The Morgan fingerprint density at radius 2 is 2.00 bits per heavy atom. The molecule has 2 rings (SSSR count). The SMILES string of the molecule is CC(=O)NCCNC(=O)C1CCc2ccccc2N1. The van der Waals surface area contributed by atoms with Crippen LogP contribution in [0.3, 0.4) is 0 Å². The number of aryl methyl sites for hydroxylation is 1. The normalized spacial score (nSPS) is 17.0. The molecule has 1 atom stereocenters. The molecular weight excluding hydrogens is 242 g/mol. The predicted octanol–water partition coefficient (Wildman–Crippen LogP) is 0.666. The first-order chi connectivity index (χ1) is 9.16. The van der Waals surface area contributed by atoms with E-state index in [1.54, 1.807) is 0 Å². The minimum absolute atomic E-state index is 0.0140. The third-order valence-corrected chi connectivity index (χ3v) is 3.16. The smallest absolute Gasteiger partial charge is 0.242 e. The molecule has 0 saturated carbocycles. The van der Waals surface area contributed by atoms with Crippen molar-refractivity contribution >= 4 is 17.5 Å². The Balaban J connectivity index is 1.80. The largest absolute Gasteiger partial charge is 0.373 e. The molecule has 1 aliphatic rings. The van der Waals surface area contributed by atoms with E-state index in [0.29, 0.717) is 13.1 Å². The predicted molar refractivity (Wildman–Crippen MR) is 73.9 cm³/mol. The monoisotopic (exact) mass is 261 g/mol. The van der Waals surface area contributed by atoms with E-state index < -0.39 is 0 Å². The van der Waals surface area contributed by atoms with Crippen LogP contribution in [0.5, 0.6) is 0 Å². The number of anilines is 1. The fourth-order valence-corrected chi connectivity index (χ4v) is 2.18. The molecule has 1 aromatic carbocycles. The highest BCUT2D eigenvalue weighted by atomic mass is 16.2. The van der Waals surface area contributed by atoms with Gasteiger partial charge >= 0.3 is 0 Å². The van der Waals surface area contributed by atoms with Gasteiger partial charge in [0.15, 0.2) is 0 Å². The summed E-state index contributed by atoms with van der Waals surface area (Å²) in [6.45, 7) is 2.38. The van der Waals surface area contributed by atoms with Crippen molar-refractivity contribution in [2.45, 2.75) is 25.8 Å². The number of hydrogen-bond donors (Lipinski definition) is 3. The second-order valence-corrected chi connectivity index (χ2v) is 4.67. The summed E-state index contributed by atoms with van der Waals surface area (Å²) in [7, 11) is 0. The van der Waals surface area contributed by atoms with E-state index in [2.05, 4.69) is 22.0 Å². The van der Waals surface area contributed by atoms with Gasteiger partial charge in [0.05, 0.1) is 0 Å². The number of nitrogens with one attached hydrogen (secondary N) is 3. The molecule has 0 bridgehead atoms. The molecule has 3 N–H and O–H groups in total. The van der Waals surface area contributed by atoms with Crippen molar-refractivity contribution in [1.29, 1.82) is 0 Å². The summed E-state index contributed by atoms with van der Waals surface area (Å²) >= 11 is 0. The van der Waals surface area contributed by atoms with Crippen molar-refractivity contribution in [3.8, 4) is 0 Å². The Bertz CT molecular complexity index is 474. The topological polar surface area (TPSA) is 70.2 Å². The molecule has 0 spiro atoms. The fraction of sp³-hybridized carbons (Fsp3) is 0.429. The lowest BCUT2D eigenvalue weighted by Crippen LogP contribution is -2.44. The summed E-state index contributed by atoms with van der Waals surface area (Å²) in [5, 5.41) is 8.71. The lowest BCUT2D eigenvalue weighted by atomic mass is 9.98. The van der Waals surface area contributed by atoms with Gasteiger partial charge in [-0.05, 0) is 24.5 Å². The standard InChI is InChI=1S/C14H19N3O2/c1-10(18)15-8-9-16-14(19)13-7-6-11-4-2-3-5-12(11)17-13/h2-5,13,17H,6-9H2,1H3,(H,15,18)(H,16,19). The van der Waals surface area contributed by atoms with Crippen molar-refractivity contribution in [3.05, 3.63) is 29.8 Å². The molecule has 2 amide bonds. The number of para-hydroxylation sites is 1. The fourth-order valence-electron chi connectivity index (χ4n) is 2.18. The molecule has 1 unspecified atom stereocenters. The minimum atomic E-state index is -0.188. The van der Waals surface area contributed by atoms with Crippen LogP contribution in [0.4, 0.5) is 5.69 Å². The van der Waals surface area contributed by atoms with Crippen LogP contribution in [0.15, 0.2) is 24.3 Å². The Kier molecular flexibility index (Phi) is 4.39. The van der Waals surface area contributed by atoms with Gasteiger partial charge in [-0.15, -0.1) is 0 Å². The zero-order valence-corrected chi connectivity index (χ0v) is 11.0. The third kappa shape index (κ3) is 3.71. The van der Waals surface area contributed by atoms with Crippen LogP contribution < -0.4 is 16.0 Å². The van der Waals surface area contributed by atoms with Gasteiger partial charge < -0.3 is 16.0 Å². The van der Waals surface area contributed by atoms with Crippen LogP contribution in [0, 0.1) is 0 Å². The maximum Gasteiger partial charge on any atom is 0.242 e. The Morgan fingerprint density at radius 3 is 2.79 bits per heavy atom. The van der Waals surface area contributed by atoms with Crippen molar-refractivity contribution in [2.24, 2.45) is 0 Å². The number of carbonyl (C=O) groups is 2. The molecule has 1 aliphatic heterocycles. The lowest BCUT2D eigenvalue weighted by molar-refractivity contribution is -0.122. The molecule has 0 radical (unpaired) electrons. The molecule has 0 aliphatic carbocycles. The summed E-state index contributed by atoms with van der Waals surface area (Å²) in [6, 6.07) is 7.85. The maximum atomic E-state index is 12.0. The molecule has 1 heterocycles. The molecule has 102 valence electrons. The van der Waals surface area contributed by atoms with Gasteiger partial charge in [0.1, 0.15) is 6.04 Å². The van der Waals surface area contributed by atoms with Crippen molar-refractivity contribution in [2.75, 3.05) is 18.4 Å². The van der Waals surface area contributed by atoms with E-state index in [0.717, 1.165) is 18.5 Å². The first kappa shape index (κ1) is 13.4. The molecular formula is C14H19N3O2. The number of rotatable bonds is 4. The zero-order chi connectivity index (χ0) is 13.7. The lowest BCUT2D eigenvalue weighted by Gasteiger charge is -2.26. The highest BCUT2D eigenvalue weighted by molar-refractivity contribution is 5.85. The number of amides is 2. The summed E-state index contributed by atoms with van der Waals surface area (Å²) in [4.78, 5) is 22.7. The average molecular weight is 261 g/mol. The molecule has 0 saturated heterocycles. The third-order valence-electron chi connectivity index (χ3n) is 3.16. The summed E-state index contributed by atoms with van der Waals surface area (Å²) < 4.78 is 0. The highest BCUT2D eigenvalue weighted by Gasteiger charge is 2.22. The summed E-state index contributed by atoms with van der Waals surface area (Å²) in [6.07, 6.45) is 1.70. The Morgan fingerprint density at radius 1 is 1.26 bits per heavy atom. The van der Waals surface area contributed by atoms with Gasteiger partial charge in [0.2, 0.25) is 11.8 Å². The van der Waals surface area contributed by atoms with Crippen LogP contribution in [0.25, 0.3) is 0 Å². The molecule has 1 aromatic rings. The van der Waals surface area contributed by atoms with E-state index in [4.69, 9.17) is 0 Å². The highest BCUT2D eigenvalue weighted by Crippen LogP contribution is 2.24. The summed E-state index contributed by atoms with van der Waals surface area (Å²) in [5.74, 6) is -0.0983. The van der Waals surface area contributed by atoms with Crippen LogP contribution in [0.1, 0.15) is 18.9 Å². The summed E-state index contributed by atoms with van der Waals surface area (Å²) in [5.41, 5.74) is 2.29. The molecule has 5 heteroatoms. The number of hydrogen-bond acceptors (Lipinski definition) is 3. The zero-order valence-electron chi connectivity index (χ0n) is 11.0. The van der Waals surface area contributed by atoms with Crippen molar-refractivity contribution in [1.82, 2.24) is 10.6 Å². The molecule has 19 heavy (non-hydrogen) atoms. The number of carbonyl (C=O) groups excluding carboxylic acids is 2. The molecule has 0 fully saturated rings. The van der Waals surface area contributed by atoms with Crippen LogP contribution in [-0.4, -0.2) is 30.9 Å². The number of benzene rings is 1.